The molecule has 1 amide bonds. The molecule has 0 saturated heterocycles. The molecule has 1 heterocycles. The van der Waals surface area contributed by atoms with Crippen LogP contribution in [0.15, 0.2) is 72.9 Å². The first-order valence-electron chi connectivity index (χ1n) is 8.47. The van der Waals surface area contributed by atoms with Crippen molar-refractivity contribution in [2.24, 2.45) is 0 Å². The third-order valence-corrected chi connectivity index (χ3v) is 3.99. The second-order valence-corrected chi connectivity index (χ2v) is 6.23. The van der Waals surface area contributed by atoms with Gasteiger partial charge in [-0.05, 0) is 54.6 Å². The summed E-state index contributed by atoms with van der Waals surface area (Å²) in [5.74, 6) is 0.469. The molecule has 1 aromatic heterocycles. The number of ether oxygens (including phenoxy) is 1. The topological polar surface area (TPSA) is 83.5 Å². The molecule has 0 aliphatic carbocycles. The van der Waals surface area contributed by atoms with Crippen LogP contribution in [0.2, 0.25) is 5.02 Å². The minimum atomic E-state index is -0.638. The number of nitrogens with one attached hydrogen (secondary N) is 2. The molecule has 7 heteroatoms. The average Bonchev–Trinajstić information content (AvgIpc) is 2.72. The largest absolute Gasteiger partial charge is 0.457 e. The summed E-state index contributed by atoms with van der Waals surface area (Å²) in [6.45, 7) is 0.551. The number of halogens is 1. The maximum atomic E-state index is 11.4. The number of rotatable bonds is 7. The highest BCUT2D eigenvalue weighted by Crippen LogP contribution is 2.30. The molecule has 3 rings (SSSR count). The molecule has 6 nitrogen and oxygen atoms in total. The smallest absolute Gasteiger partial charge is 0.267 e. The fourth-order valence-corrected chi connectivity index (χ4v) is 2.62. The molecule has 0 aliphatic heterocycles. The van der Waals surface area contributed by atoms with E-state index in [1.54, 1.807) is 48.1 Å². The second-order valence-electron chi connectivity index (χ2n) is 5.80. The third-order valence-electron chi connectivity index (χ3n) is 3.76. The van der Waals surface area contributed by atoms with Crippen LogP contribution in [0.25, 0.3) is 6.08 Å². The quantitative estimate of drug-likeness (QED) is 0.308. The van der Waals surface area contributed by atoms with Gasteiger partial charge >= 0.3 is 0 Å². The Morgan fingerprint density at radius 2 is 2.04 bits per heavy atom. The van der Waals surface area contributed by atoms with Crippen molar-refractivity contribution in [3.63, 3.8) is 0 Å². The molecule has 28 heavy (non-hydrogen) atoms. The normalized spacial score (nSPS) is 10.6. The molecule has 0 unspecified atom stereocenters. The lowest BCUT2D eigenvalue weighted by atomic mass is 10.1. The SMILES string of the molecule is O=C(/C=C/c1cc(NCc2ccccn2)ccc1Oc1cccc(Cl)c1)NO. The van der Waals surface area contributed by atoms with Gasteiger partial charge in [0, 0.05) is 28.5 Å². The average molecular weight is 396 g/mol. The number of hydrogen-bond donors (Lipinski definition) is 3. The molecule has 0 fully saturated rings. The molecule has 0 radical (unpaired) electrons. The minimum Gasteiger partial charge on any atom is -0.457 e. The highest BCUT2D eigenvalue weighted by atomic mass is 35.5. The van der Waals surface area contributed by atoms with E-state index < -0.39 is 5.91 Å². The van der Waals surface area contributed by atoms with Crippen molar-refractivity contribution < 1.29 is 14.7 Å². The lowest BCUT2D eigenvalue weighted by molar-refractivity contribution is -0.124. The van der Waals surface area contributed by atoms with Gasteiger partial charge in [0.05, 0.1) is 12.2 Å². The van der Waals surface area contributed by atoms with Gasteiger partial charge in [0.25, 0.3) is 5.91 Å². The predicted octanol–water partition coefficient (Wildman–Crippen LogP) is 4.66. The van der Waals surface area contributed by atoms with Crippen LogP contribution >= 0.6 is 11.6 Å². The van der Waals surface area contributed by atoms with Crippen LogP contribution in [-0.2, 0) is 11.3 Å². The zero-order valence-corrected chi connectivity index (χ0v) is 15.6. The van der Waals surface area contributed by atoms with E-state index in [4.69, 9.17) is 21.5 Å². The maximum absolute atomic E-state index is 11.4. The number of hydrogen-bond acceptors (Lipinski definition) is 5. The van der Waals surface area contributed by atoms with Crippen molar-refractivity contribution in [2.75, 3.05) is 5.32 Å². The first-order chi connectivity index (χ1) is 13.6. The van der Waals surface area contributed by atoms with Crippen LogP contribution in [0, 0.1) is 0 Å². The standard InChI is InChI=1S/C21H18ClN3O3/c22-16-4-3-6-19(13-16)28-20-9-8-17(12-15(20)7-10-21(26)25-27)24-14-18-5-1-2-11-23-18/h1-13,24,27H,14H2,(H,25,26)/b10-7+. The van der Waals surface area contributed by atoms with E-state index >= 15 is 0 Å². The summed E-state index contributed by atoms with van der Waals surface area (Å²) in [6, 6.07) is 18.2. The Balaban J connectivity index is 1.83. The number of benzene rings is 2. The van der Waals surface area contributed by atoms with Gasteiger partial charge in [-0.3, -0.25) is 15.0 Å². The van der Waals surface area contributed by atoms with E-state index in [1.807, 2.05) is 30.3 Å². The Kier molecular flexibility index (Phi) is 6.62. The van der Waals surface area contributed by atoms with Crippen molar-refractivity contribution in [3.8, 4) is 11.5 Å². The molecule has 0 atom stereocenters. The number of aromatic nitrogens is 1. The zero-order valence-electron chi connectivity index (χ0n) is 14.8. The Morgan fingerprint density at radius 1 is 1.14 bits per heavy atom. The van der Waals surface area contributed by atoms with E-state index in [-0.39, 0.29) is 0 Å². The van der Waals surface area contributed by atoms with Gasteiger partial charge in [-0.1, -0.05) is 23.7 Å². The number of hydroxylamine groups is 1. The van der Waals surface area contributed by atoms with Gasteiger partial charge in [-0.2, -0.15) is 0 Å². The molecular formula is C21H18ClN3O3. The molecular weight excluding hydrogens is 378 g/mol. The fraction of sp³-hybridized carbons (Fsp3) is 0.0476. The Morgan fingerprint density at radius 3 is 2.79 bits per heavy atom. The first-order valence-corrected chi connectivity index (χ1v) is 8.85. The zero-order chi connectivity index (χ0) is 19.8. The fourth-order valence-electron chi connectivity index (χ4n) is 2.44. The molecule has 0 spiro atoms. The van der Waals surface area contributed by atoms with E-state index in [0.29, 0.717) is 28.6 Å². The maximum Gasteiger partial charge on any atom is 0.267 e. The summed E-state index contributed by atoms with van der Waals surface area (Å²) >= 11 is 6.01. The Bertz CT molecular complexity index is 978. The highest BCUT2D eigenvalue weighted by molar-refractivity contribution is 6.30. The Labute approximate surface area is 167 Å². The van der Waals surface area contributed by atoms with Crippen molar-refractivity contribution in [2.45, 2.75) is 6.54 Å². The van der Waals surface area contributed by atoms with Gasteiger partial charge in [-0.25, -0.2) is 5.48 Å². The first kappa shape index (κ1) is 19.4. The number of carbonyl (C=O) groups is 1. The summed E-state index contributed by atoms with van der Waals surface area (Å²) < 4.78 is 5.90. The molecule has 2 aromatic carbocycles. The Hall–Kier alpha value is -3.35. The summed E-state index contributed by atoms with van der Waals surface area (Å²) in [4.78, 5) is 15.6. The van der Waals surface area contributed by atoms with Gasteiger partial charge in [-0.15, -0.1) is 0 Å². The molecule has 0 aliphatic rings. The van der Waals surface area contributed by atoms with E-state index in [9.17, 15) is 4.79 Å². The second kappa shape index (κ2) is 9.55. The van der Waals surface area contributed by atoms with Crippen molar-refractivity contribution in [1.29, 1.82) is 0 Å². The number of nitrogens with zero attached hydrogens (tertiary/aromatic N) is 1. The van der Waals surface area contributed by atoms with Crippen LogP contribution in [0.5, 0.6) is 11.5 Å². The van der Waals surface area contributed by atoms with Gasteiger partial charge in [0.1, 0.15) is 11.5 Å². The van der Waals surface area contributed by atoms with Crippen LogP contribution in [0.3, 0.4) is 0 Å². The number of amides is 1. The van der Waals surface area contributed by atoms with Crippen LogP contribution in [0.4, 0.5) is 5.69 Å². The monoisotopic (exact) mass is 395 g/mol. The lowest BCUT2D eigenvalue weighted by Crippen LogP contribution is -2.14. The van der Waals surface area contributed by atoms with E-state index in [0.717, 1.165) is 11.4 Å². The highest BCUT2D eigenvalue weighted by Gasteiger charge is 2.06. The van der Waals surface area contributed by atoms with Crippen molar-refractivity contribution >= 4 is 29.3 Å². The summed E-state index contributed by atoms with van der Waals surface area (Å²) in [5.41, 5.74) is 3.94. The van der Waals surface area contributed by atoms with Crippen LogP contribution < -0.4 is 15.5 Å². The summed E-state index contributed by atoms with van der Waals surface area (Å²) in [7, 11) is 0. The molecule has 3 N–H and O–H groups in total. The van der Waals surface area contributed by atoms with Crippen LogP contribution in [-0.4, -0.2) is 16.1 Å². The van der Waals surface area contributed by atoms with Crippen molar-refractivity contribution in [3.05, 3.63) is 89.2 Å². The number of pyridine rings is 1. The van der Waals surface area contributed by atoms with Crippen LogP contribution in [0.1, 0.15) is 11.3 Å². The van der Waals surface area contributed by atoms with Gasteiger partial charge in [0.2, 0.25) is 0 Å². The predicted molar refractivity (Wildman–Crippen MR) is 108 cm³/mol. The number of anilines is 1. The summed E-state index contributed by atoms with van der Waals surface area (Å²) in [6.07, 6.45) is 4.50. The van der Waals surface area contributed by atoms with E-state index in [2.05, 4.69) is 10.3 Å². The summed E-state index contributed by atoms with van der Waals surface area (Å²) in [5, 5.41) is 12.5. The van der Waals surface area contributed by atoms with E-state index in [1.165, 1.54) is 6.08 Å². The molecule has 0 bridgehead atoms. The van der Waals surface area contributed by atoms with Gasteiger partial charge < -0.3 is 10.1 Å². The molecule has 0 saturated carbocycles. The number of carbonyl (C=O) groups excluding carboxylic acids is 1. The molecule has 3 aromatic rings. The van der Waals surface area contributed by atoms with Crippen molar-refractivity contribution in [1.82, 2.24) is 10.5 Å². The lowest BCUT2D eigenvalue weighted by Gasteiger charge is -2.12. The molecule has 142 valence electrons. The minimum absolute atomic E-state index is 0.535. The van der Waals surface area contributed by atoms with Gasteiger partial charge in [0.15, 0.2) is 0 Å². The third kappa shape index (κ3) is 5.57.